The molecule has 0 atom stereocenters. The van der Waals surface area contributed by atoms with Gasteiger partial charge in [0.05, 0.1) is 0 Å². The van der Waals surface area contributed by atoms with Gasteiger partial charge >= 0.3 is 6.36 Å². The highest BCUT2D eigenvalue weighted by Crippen LogP contribution is 2.27. The number of allylic oxidation sites excluding steroid dienone is 3. The van der Waals surface area contributed by atoms with Gasteiger partial charge in [-0.15, -0.1) is 13.2 Å². The summed E-state index contributed by atoms with van der Waals surface area (Å²) in [6.45, 7) is 1.61. The van der Waals surface area contributed by atoms with Gasteiger partial charge < -0.3 is 4.74 Å². The highest BCUT2D eigenvalue weighted by molar-refractivity contribution is 5.26. The van der Waals surface area contributed by atoms with Crippen molar-refractivity contribution >= 4 is 0 Å². The van der Waals surface area contributed by atoms with Gasteiger partial charge in [0.1, 0.15) is 5.76 Å². The van der Waals surface area contributed by atoms with Crippen LogP contribution in [-0.4, -0.2) is 6.36 Å². The minimum absolute atomic E-state index is 0.0613. The van der Waals surface area contributed by atoms with Crippen molar-refractivity contribution in [2.24, 2.45) is 0 Å². The molecule has 0 amide bonds. The molecule has 0 spiro atoms. The molecule has 0 saturated heterocycles. The second-order valence-electron chi connectivity index (χ2n) is 2.58. The van der Waals surface area contributed by atoms with Gasteiger partial charge in [0.15, 0.2) is 0 Å². The third-order valence-corrected chi connectivity index (χ3v) is 1.56. The summed E-state index contributed by atoms with van der Waals surface area (Å²) < 4.78 is 39.0. The Bertz CT molecular complexity index is 225. The molecule has 0 bridgehead atoms. The zero-order valence-corrected chi connectivity index (χ0v) is 6.61. The van der Waals surface area contributed by atoms with Crippen LogP contribution in [0.2, 0.25) is 0 Å². The van der Waals surface area contributed by atoms with Crippen LogP contribution in [0.3, 0.4) is 0 Å². The van der Waals surface area contributed by atoms with E-state index in [-0.39, 0.29) is 5.76 Å². The highest BCUT2D eigenvalue weighted by atomic mass is 19.4. The van der Waals surface area contributed by atoms with Gasteiger partial charge in [-0.05, 0) is 31.4 Å². The molecule has 0 aliphatic heterocycles. The number of hydrogen-bond acceptors (Lipinski definition) is 1. The Balaban J connectivity index is 2.64. The van der Waals surface area contributed by atoms with E-state index >= 15 is 0 Å². The second-order valence-corrected chi connectivity index (χ2v) is 2.58. The molecule has 0 aromatic carbocycles. The average Bonchev–Trinajstić information content (AvgIpc) is 1.91. The van der Waals surface area contributed by atoms with Gasteiger partial charge in [0.25, 0.3) is 0 Å². The van der Waals surface area contributed by atoms with E-state index in [1.165, 1.54) is 6.08 Å². The van der Waals surface area contributed by atoms with Gasteiger partial charge in [-0.25, -0.2) is 0 Å². The van der Waals surface area contributed by atoms with Crippen molar-refractivity contribution in [1.82, 2.24) is 0 Å². The summed E-state index contributed by atoms with van der Waals surface area (Å²) in [5.41, 5.74) is 0.554. The number of rotatable bonds is 1. The topological polar surface area (TPSA) is 9.23 Å². The fourth-order valence-electron chi connectivity index (χ4n) is 1.02. The van der Waals surface area contributed by atoms with E-state index in [1.807, 2.05) is 0 Å². The lowest BCUT2D eigenvalue weighted by molar-refractivity contribution is -0.304. The summed E-state index contributed by atoms with van der Waals surface area (Å²) in [6, 6.07) is 0. The van der Waals surface area contributed by atoms with E-state index in [4.69, 9.17) is 0 Å². The maximum absolute atomic E-state index is 11.7. The molecule has 1 aliphatic carbocycles. The number of hydrogen-bond donors (Lipinski definition) is 0. The summed E-state index contributed by atoms with van der Waals surface area (Å²) in [5, 5.41) is 0. The normalized spacial score (nSPS) is 18.3. The number of alkyl halides is 3. The minimum Gasteiger partial charge on any atom is -0.406 e. The zero-order valence-electron chi connectivity index (χ0n) is 6.61. The maximum Gasteiger partial charge on any atom is 0.573 e. The van der Waals surface area contributed by atoms with Crippen LogP contribution in [0.25, 0.3) is 0 Å². The predicted octanol–water partition coefficient (Wildman–Crippen LogP) is 3.15. The summed E-state index contributed by atoms with van der Waals surface area (Å²) in [7, 11) is 0. The van der Waals surface area contributed by atoms with Crippen LogP contribution in [0.5, 0.6) is 0 Å². The molecule has 12 heavy (non-hydrogen) atoms. The summed E-state index contributed by atoms with van der Waals surface area (Å²) in [5.74, 6) is -0.0613. The maximum atomic E-state index is 11.7. The van der Waals surface area contributed by atoms with Gasteiger partial charge in [0, 0.05) is 0 Å². The van der Waals surface area contributed by atoms with Crippen LogP contribution < -0.4 is 0 Å². The molecule has 68 valence electrons. The van der Waals surface area contributed by atoms with Crippen molar-refractivity contribution < 1.29 is 17.9 Å². The van der Waals surface area contributed by atoms with E-state index in [1.54, 1.807) is 13.0 Å². The summed E-state index contributed by atoms with van der Waals surface area (Å²) >= 11 is 0. The molecule has 0 aromatic heterocycles. The largest absolute Gasteiger partial charge is 0.573 e. The molecule has 4 heteroatoms. The first kappa shape index (κ1) is 9.16. The van der Waals surface area contributed by atoms with E-state index in [2.05, 4.69) is 4.74 Å². The third kappa shape index (κ3) is 2.60. The van der Waals surface area contributed by atoms with E-state index in [0.717, 1.165) is 6.42 Å². The number of ether oxygens (including phenoxy) is 1. The van der Waals surface area contributed by atoms with Crippen LogP contribution in [0, 0.1) is 0 Å². The number of halogens is 3. The van der Waals surface area contributed by atoms with Crippen molar-refractivity contribution in [2.75, 3.05) is 0 Å². The molecular formula is C8H9F3O. The molecule has 1 rings (SSSR count). The third-order valence-electron chi connectivity index (χ3n) is 1.56. The van der Waals surface area contributed by atoms with Crippen molar-refractivity contribution in [1.29, 1.82) is 0 Å². The molecule has 1 nitrogen and oxygen atoms in total. The molecule has 0 heterocycles. The fraction of sp³-hybridized carbons (Fsp3) is 0.500. The van der Waals surface area contributed by atoms with Crippen molar-refractivity contribution in [2.45, 2.75) is 26.1 Å². The lowest BCUT2D eigenvalue weighted by atomic mass is 10.1. The molecule has 1 aliphatic rings. The first-order valence-electron chi connectivity index (χ1n) is 3.62. The quantitative estimate of drug-likeness (QED) is 0.599. The highest BCUT2D eigenvalue weighted by Gasteiger charge is 2.32. The van der Waals surface area contributed by atoms with E-state index < -0.39 is 6.36 Å². The van der Waals surface area contributed by atoms with Crippen molar-refractivity contribution in [3.63, 3.8) is 0 Å². The molecular weight excluding hydrogens is 169 g/mol. The van der Waals surface area contributed by atoms with E-state index in [0.29, 0.717) is 12.0 Å². The Kier molecular flexibility index (Phi) is 2.45. The summed E-state index contributed by atoms with van der Waals surface area (Å²) in [4.78, 5) is 0. The molecule has 0 aromatic rings. The minimum atomic E-state index is -4.57. The second kappa shape index (κ2) is 3.21. The fourth-order valence-corrected chi connectivity index (χ4v) is 1.02. The molecule has 0 saturated carbocycles. The van der Waals surface area contributed by atoms with Gasteiger partial charge in [-0.3, -0.25) is 0 Å². The lowest BCUT2D eigenvalue weighted by Crippen LogP contribution is -2.14. The van der Waals surface area contributed by atoms with Gasteiger partial charge in [-0.2, -0.15) is 0 Å². The standard InChI is InChI=1S/C8H9F3O/c1-6-4-2-3-5-7(6)12-8(9,10)11/h4-5H,2-3H2,1H3. The Morgan fingerprint density at radius 3 is 2.33 bits per heavy atom. The SMILES string of the molecule is CC1=CCCC=C1OC(F)(F)F. The Labute approximate surface area is 68.5 Å². The monoisotopic (exact) mass is 178 g/mol. The van der Waals surface area contributed by atoms with Crippen LogP contribution >= 0.6 is 0 Å². The van der Waals surface area contributed by atoms with Crippen LogP contribution in [0.15, 0.2) is 23.5 Å². The smallest absolute Gasteiger partial charge is 0.406 e. The first-order chi connectivity index (χ1) is 5.49. The van der Waals surface area contributed by atoms with Crippen LogP contribution in [0.1, 0.15) is 19.8 Å². The molecule has 0 radical (unpaired) electrons. The van der Waals surface area contributed by atoms with Crippen LogP contribution in [-0.2, 0) is 4.74 Å². The van der Waals surface area contributed by atoms with E-state index in [9.17, 15) is 13.2 Å². The predicted molar refractivity (Wildman–Crippen MR) is 38.2 cm³/mol. The average molecular weight is 178 g/mol. The molecule has 0 fully saturated rings. The van der Waals surface area contributed by atoms with Gasteiger partial charge in [0.2, 0.25) is 0 Å². The summed E-state index contributed by atoms with van der Waals surface area (Å²) in [6.07, 6.45) is 0.0292. The van der Waals surface area contributed by atoms with Crippen molar-refractivity contribution in [3.05, 3.63) is 23.5 Å². The Morgan fingerprint density at radius 1 is 1.25 bits per heavy atom. The molecule has 0 N–H and O–H groups in total. The first-order valence-corrected chi connectivity index (χ1v) is 3.62. The lowest BCUT2D eigenvalue weighted by Gasteiger charge is -2.15. The zero-order chi connectivity index (χ0) is 9.19. The molecule has 0 unspecified atom stereocenters. The van der Waals surface area contributed by atoms with Crippen molar-refractivity contribution in [3.8, 4) is 0 Å². The Morgan fingerprint density at radius 2 is 1.83 bits per heavy atom. The van der Waals surface area contributed by atoms with Gasteiger partial charge in [-0.1, -0.05) is 6.08 Å². The van der Waals surface area contributed by atoms with Crippen LogP contribution in [0.4, 0.5) is 13.2 Å². The Hall–Kier alpha value is -0.930.